The predicted octanol–water partition coefficient (Wildman–Crippen LogP) is 4.24. The maximum absolute atomic E-state index is 12.2. The van der Waals surface area contributed by atoms with Crippen LogP contribution in [0, 0.1) is 13.8 Å². The molecule has 102 valence electrons. The van der Waals surface area contributed by atoms with Gasteiger partial charge in [-0.25, -0.2) is 0 Å². The largest absolute Gasteiger partial charge is 0.325 e. The SMILES string of the molecule is Cc1cc(C)c2c(c1)[C@H](Cc1cccc(Cl)c1)C(=O)N2. The molecule has 3 heteroatoms. The summed E-state index contributed by atoms with van der Waals surface area (Å²) in [6, 6.07) is 11.9. The van der Waals surface area contributed by atoms with Crippen molar-refractivity contribution in [2.24, 2.45) is 0 Å². The van der Waals surface area contributed by atoms with E-state index in [0.29, 0.717) is 11.4 Å². The zero-order valence-corrected chi connectivity index (χ0v) is 12.3. The number of carbonyl (C=O) groups is 1. The minimum absolute atomic E-state index is 0.0775. The van der Waals surface area contributed by atoms with E-state index in [1.54, 1.807) is 0 Å². The molecule has 0 aromatic heterocycles. The van der Waals surface area contributed by atoms with Crippen LogP contribution in [0.2, 0.25) is 5.02 Å². The highest BCUT2D eigenvalue weighted by atomic mass is 35.5. The molecule has 3 rings (SSSR count). The van der Waals surface area contributed by atoms with Crippen LogP contribution in [-0.2, 0) is 11.2 Å². The molecule has 2 aromatic carbocycles. The van der Waals surface area contributed by atoms with Gasteiger partial charge in [-0.15, -0.1) is 0 Å². The third-order valence-corrected chi connectivity index (χ3v) is 4.01. The Morgan fingerprint density at radius 3 is 2.75 bits per heavy atom. The van der Waals surface area contributed by atoms with Gasteiger partial charge in [0.25, 0.3) is 0 Å². The van der Waals surface area contributed by atoms with Gasteiger partial charge in [-0.3, -0.25) is 4.79 Å². The van der Waals surface area contributed by atoms with Gasteiger partial charge in [-0.2, -0.15) is 0 Å². The Hall–Kier alpha value is -1.80. The van der Waals surface area contributed by atoms with Gasteiger partial charge in [0.05, 0.1) is 5.92 Å². The number of anilines is 1. The van der Waals surface area contributed by atoms with Gasteiger partial charge in [0.2, 0.25) is 5.91 Å². The Bertz CT molecular complexity index is 693. The van der Waals surface area contributed by atoms with Crippen molar-refractivity contribution in [2.75, 3.05) is 5.32 Å². The number of hydrogen-bond donors (Lipinski definition) is 1. The molecule has 1 aliphatic rings. The Labute approximate surface area is 123 Å². The topological polar surface area (TPSA) is 29.1 Å². The van der Waals surface area contributed by atoms with Crippen molar-refractivity contribution in [2.45, 2.75) is 26.2 Å². The van der Waals surface area contributed by atoms with Crippen LogP contribution in [0.15, 0.2) is 36.4 Å². The zero-order chi connectivity index (χ0) is 14.3. The van der Waals surface area contributed by atoms with Gasteiger partial charge in [-0.05, 0) is 49.1 Å². The van der Waals surface area contributed by atoms with Crippen molar-refractivity contribution in [3.8, 4) is 0 Å². The highest BCUT2D eigenvalue weighted by Gasteiger charge is 2.31. The van der Waals surface area contributed by atoms with Crippen molar-refractivity contribution in [1.29, 1.82) is 0 Å². The smallest absolute Gasteiger partial charge is 0.232 e. The van der Waals surface area contributed by atoms with E-state index in [2.05, 4.69) is 24.4 Å². The molecule has 1 atom stereocenters. The van der Waals surface area contributed by atoms with Crippen LogP contribution >= 0.6 is 11.6 Å². The lowest BCUT2D eigenvalue weighted by Gasteiger charge is -2.10. The van der Waals surface area contributed by atoms with E-state index in [9.17, 15) is 4.79 Å². The number of nitrogens with one attached hydrogen (secondary N) is 1. The third-order valence-electron chi connectivity index (χ3n) is 3.78. The average Bonchev–Trinajstić information content (AvgIpc) is 2.68. The van der Waals surface area contributed by atoms with Gasteiger partial charge < -0.3 is 5.32 Å². The summed E-state index contributed by atoms with van der Waals surface area (Å²) in [6.45, 7) is 4.10. The summed E-state index contributed by atoms with van der Waals surface area (Å²) >= 11 is 6.02. The normalized spacial score (nSPS) is 16.9. The summed E-state index contributed by atoms with van der Waals surface area (Å²) in [5.74, 6) is -0.0456. The third kappa shape index (κ3) is 2.32. The predicted molar refractivity (Wildman–Crippen MR) is 82.4 cm³/mol. The summed E-state index contributed by atoms with van der Waals surface area (Å²) in [7, 11) is 0. The van der Waals surface area contributed by atoms with Gasteiger partial charge >= 0.3 is 0 Å². The molecular formula is C17H16ClNO. The molecule has 2 nitrogen and oxygen atoms in total. The highest BCUT2D eigenvalue weighted by Crippen LogP contribution is 2.37. The number of halogens is 1. The first kappa shape index (κ1) is 13.2. The Morgan fingerprint density at radius 2 is 2.00 bits per heavy atom. The Kier molecular flexibility index (Phi) is 3.27. The van der Waals surface area contributed by atoms with E-state index < -0.39 is 0 Å². The van der Waals surface area contributed by atoms with Gasteiger partial charge in [0, 0.05) is 10.7 Å². The maximum Gasteiger partial charge on any atom is 0.232 e. The first-order chi connectivity index (χ1) is 9.54. The van der Waals surface area contributed by atoms with Crippen LogP contribution in [0.5, 0.6) is 0 Å². The molecule has 0 unspecified atom stereocenters. The second-order valence-corrected chi connectivity index (χ2v) is 5.86. The van der Waals surface area contributed by atoms with Gasteiger partial charge in [0.15, 0.2) is 0 Å². The van der Waals surface area contributed by atoms with Crippen LogP contribution in [0.4, 0.5) is 5.69 Å². The molecule has 0 saturated heterocycles. The van der Waals surface area contributed by atoms with Gasteiger partial charge in [0.1, 0.15) is 0 Å². The van der Waals surface area contributed by atoms with Crippen molar-refractivity contribution < 1.29 is 4.79 Å². The van der Waals surface area contributed by atoms with E-state index >= 15 is 0 Å². The molecule has 20 heavy (non-hydrogen) atoms. The maximum atomic E-state index is 12.2. The number of hydrogen-bond acceptors (Lipinski definition) is 1. The van der Waals surface area contributed by atoms with Crippen LogP contribution in [0.25, 0.3) is 0 Å². The fraction of sp³-hybridized carbons (Fsp3) is 0.235. The van der Waals surface area contributed by atoms with Crippen molar-refractivity contribution >= 4 is 23.2 Å². The molecular weight excluding hydrogens is 270 g/mol. The monoisotopic (exact) mass is 285 g/mol. The summed E-state index contributed by atoms with van der Waals surface area (Å²) in [6.07, 6.45) is 0.683. The highest BCUT2D eigenvalue weighted by molar-refractivity contribution is 6.30. The molecule has 0 fully saturated rings. The standard InChI is InChI=1S/C17H16ClNO/c1-10-6-11(2)16-14(7-10)15(17(20)19-16)9-12-4-3-5-13(18)8-12/h3-8,15H,9H2,1-2H3,(H,19,20)/t15-/m0/s1. The van der Waals surface area contributed by atoms with Crippen molar-refractivity contribution in [3.05, 3.63) is 63.7 Å². The molecule has 0 radical (unpaired) electrons. The lowest BCUT2D eigenvalue weighted by atomic mass is 9.91. The first-order valence-electron chi connectivity index (χ1n) is 6.71. The molecule has 0 spiro atoms. The van der Waals surface area contributed by atoms with E-state index in [1.165, 1.54) is 5.56 Å². The molecule has 2 aromatic rings. The van der Waals surface area contributed by atoms with Crippen LogP contribution in [0.1, 0.15) is 28.2 Å². The number of rotatable bonds is 2. The number of amides is 1. The molecule has 1 amide bonds. The summed E-state index contributed by atoms with van der Waals surface area (Å²) in [4.78, 5) is 12.2. The molecule has 1 aliphatic heterocycles. The van der Waals surface area contributed by atoms with Crippen LogP contribution in [0.3, 0.4) is 0 Å². The molecule has 0 aliphatic carbocycles. The van der Waals surface area contributed by atoms with Crippen LogP contribution < -0.4 is 5.32 Å². The average molecular weight is 286 g/mol. The second-order valence-electron chi connectivity index (χ2n) is 5.42. The number of benzene rings is 2. The van der Waals surface area contributed by atoms with E-state index in [-0.39, 0.29) is 11.8 Å². The quantitative estimate of drug-likeness (QED) is 0.879. The minimum Gasteiger partial charge on any atom is -0.325 e. The molecule has 1 N–H and O–H groups in total. The summed E-state index contributed by atoms with van der Waals surface area (Å²) in [5, 5.41) is 3.72. The fourth-order valence-corrected chi connectivity index (χ4v) is 3.11. The van der Waals surface area contributed by atoms with Crippen LogP contribution in [-0.4, -0.2) is 5.91 Å². The zero-order valence-electron chi connectivity index (χ0n) is 11.5. The van der Waals surface area contributed by atoms with E-state index in [1.807, 2.05) is 31.2 Å². The number of carbonyl (C=O) groups excluding carboxylic acids is 1. The number of aryl methyl sites for hydroxylation is 2. The molecule has 0 bridgehead atoms. The summed E-state index contributed by atoms with van der Waals surface area (Å²) < 4.78 is 0. The molecule has 1 heterocycles. The lowest BCUT2D eigenvalue weighted by Crippen LogP contribution is -2.14. The fourth-order valence-electron chi connectivity index (χ4n) is 2.90. The Morgan fingerprint density at radius 1 is 1.20 bits per heavy atom. The van der Waals surface area contributed by atoms with Crippen molar-refractivity contribution in [1.82, 2.24) is 0 Å². The summed E-state index contributed by atoms with van der Waals surface area (Å²) in [5.41, 5.74) is 5.49. The van der Waals surface area contributed by atoms with E-state index in [0.717, 1.165) is 22.4 Å². The van der Waals surface area contributed by atoms with Crippen molar-refractivity contribution in [3.63, 3.8) is 0 Å². The Balaban J connectivity index is 1.98. The minimum atomic E-state index is -0.123. The van der Waals surface area contributed by atoms with E-state index in [4.69, 9.17) is 11.6 Å². The lowest BCUT2D eigenvalue weighted by molar-refractivity contribution is -0.117. The molecule has 0 saturated carbocycles. The van der Waals surface area contributed by atoms with Gasteiger partial charge in [-0.1, -0.05) is 41.4 Å². The first-order valence-corrected chi connectivity index (χ1v) is 7.09. The second kappa shape index (κ2) is 4.95. The number of fused-ring (bicyclic) bond motifs is 1.